The van der Waals surface area contributed by atoms with E-state index in [9.17, 15) is 18.0 Å². The number of rotatable bonds is 4. The van der Waals surface area contributed by atoms with Crippen LogP contribution in [0.15, 0.2) is 48.8 Å². The van der Waals surface area contributed by atoms with Crippen LogP contribution in [0.2, 0.25) is 0 Å². The molecule has 9 heteroatoms. The summed E-state index contributed by atoms with van der Waals surface area (Å²) in [5, 5.41) is 12.1. The zero-order valence-electron chi connectivity index (χ0n) is 14.5. The molecular weight excluding hydrogens is 389 g/mol. The van der Waals surface area contributed by atoms with Gasteiger partial charge in [0.05, 0.1) is 17.7 Å². The molecule has 0 radical (unpaired) electrons. The second kappa shape index (κ2) is 7.78. The number of thiazole rings is 1. The van der Waals surface area contributed by atoms with E-state index in [-0.39, 0.29) is 5.91 Å². The average molecular weight is 402 g/mol. The lowest BCUT2D eigenvalue weighted by molar-refractivity contribution is -0.141. The van der Waals surface area contributed by atoms with Crippen LogP contribution >= 0.6 is 11.3 Å². The minimum absolute atomic E-state index is 0.304. The fourth-order valence-corrected chi connectivity index (χ4v) is 3.33. The van der Waals surface area contributed by atoms with Crippen molar-refractivity contribution in [3.05, 3.63) is 70.5 Å². The number of hydrogen-bond acceptors (Lipinski definition) is 5. The minimum Gasteiger partial charge on any atom is -0.345 e. The molecule has 142 valence electrons. The first kappa shape index (κ1) is 19.5. The van der Waals surface area contributed by atoms with Gasteiger partial charge in [0.25, 0.3) is 5.91 Å². The molecule has 0 spiro atoms. The van der Waals surface area contributed by atoms with Crippen molar-refractivity contribution < 1.29 is 18.0 Å². The summed E-state index contributed by atoms with van der Waals surface area (Å²) in [6.07, 6.45) is -1.92. The second-order valence-electron chi connectivity index (χ2n) is 5.88. The summed E-state index contributed by atoms with van der Waals surface area (Å²) in [5.41, 5.74) is 0.0393. The van der Waals surface area contributed by atoms with E-state index in [0.717, 1.165) is 12.3 Å². The number of benzene rings is 1. The third kappa shape index (κ3) is 4.35. The van der Waals surface area contributed by atoms with Gasteiger partial charge in [-0.25, -0.2) is 4.98 Å². The number of aromatic nitrogens is 2. The SMILES string of the molecule is C[C@@H](NC(=O)c1cccc(C#N)c1)c1cnc(-c2ccnc(C(F)(F)F)c2)s1. The summed E-state index contributed by atoms with van der Waals surface area (Å²) in [4.78, 5) is 20.5. The zero-order valence-corrected chi connectivity index (χ0v) is 15.3. The third-order valence-corrected chi connectivity index (χ3v) is 5.08. The highest BCUT2D eigenvalue weighted by Gasteiger charge is 2.32. The average Bonchev–Trinajstić information content (AvgIpc) is 3.18. The molecule has 0 saturated carbocycles. The van der Waals surface area contributed by atoms with Crippen LogP contribution in [0.1, 0.15) is 39.5 Å². The first-order valence-electron chi connectivity index (χ1n) is 8.08. The Morgan fingerprint density at radius 1 is 1.25 bits per heavy atom. The Morgan fingerprint density at radius 3 is 2.75 bits per heavy atom. The van der Waals surface area contributed by atoms with E-state index in [4.69, 9.17) is 5.26 Å². The first-order chi connectivity index (χ1) is 13.3. The fourth-order valence-electron chi connectivity index (χ4n) is 2.42. The largest absolute Gasteiger partial charge is 0.433 e. The molecule has 0 bridgehead atoms. The summed E-state index contributed by atoms with van der Waals surface area (Å²) >= 11 is 1.18. The van der Waals surface area contributed by atoms with Crippen molar-refractivity contribution in [3.8, 4) is 16.6 Å². The van der Waals surface area contributed by atoms with E-state index in [0.29, 0.717) is 26.6 Å². The lowest BCUT2D eigenvalue weighted by atomic mass is 10.1. The number of nitrogens with one attached hydrogen (secondary N) is 1. The van der Waals surface area contributed by atoms with Crippen molar-refractivity contribution in [2.45, 2.75) is 19.1 Å². The van der Waals surface area contributed by atoms with Gasteiger partial charge >= 0.3 is 6.18 Å². The van der Waals surface area contributed by atoms with Crippen LogP contribution in [-0.2, 0) is 6.18 Å². The molecule has 5 nitrogen and oxygen atoms in total. The van der Waals surface area contributed by atoms with E-state index in [1.165, 1.54) is 29.7 Å². The zero-order chi connectivity index (χ0) is 20.3. The van der Waals surface area contributed by atoms with Gasteiger partial charge in [0.2, 0.25) is 0 Å². The van der Waals surface area contributed by atoms with Crippen molar-refractivity contribution in [1.29, 1.82) is 5.26 Å². The van der Waals surface area contributed by atoms with Crippen molar-refractivity contribution >= 4 is 17.2 Å². The first-order valence-corrected chi connectivity index (χ1v) is 8.90. The van der Waals surface area contributed by atoms with Gasteiger partial charge in [0.15, 0.2) is 0 Å². The van der Waals surface area contributed by atoms with Gasteiger partial charge in [-0.2, -0.15) is 18.4 Å². The summed E-state index contributed by atoms with van der Waals surface area (Å²) in [6, 6.07) is 10.2. The second-order valence-corrected chi connectivity index (χ2v) is 6.95. The number of nitrogens with zero attached hydrogens (tertiary/aromatic N) is 3. The molecule has 0 aliphatic heterocycles. The quantitative estimate of drug-likeness (QED) is 0.693. The number of carbonyl (C=O) groups excluding carboxylic acids is 1. The van der Waals surface area contributed by atoms with Gasteiger partial charge in [0.1, 0.15) is 10.7 Å². The molecule has 0 fully saturated rings. The molecule has 0 unspecified atom stereocenters. The molecule has 1 atom stereocenters. The summed E-state index contributed by atoms with van der Waals surface area (Å²) in [5.74, 6) is -0.359. The van der Waals surface area contributed by atoms with Gasteiger partial charge in [-0.15, -0.1) is 11.3 Å². The number of hydrogen-bond donors (Lipinski definition) is 1. The highest BCUT2D eigenvalue weighted by molar-refractivity contribution is 7.15. The molecule has 28 heavy (non-hydrogen) atoms. The topological polar surface area (TPSA) is 78.7 Å². The van der Waals surface area contributed by atoms with Crippen LogP contribution in [0.5, 0.6) is 0 Å². The van der Waals surface area contributed by atoms with Gasteiger partial charge < -0.3 is 5.32 Å². The van der Waals surface area contributed by atoms with Crippen molar-refractivity contribution in [2.24, 2.45) is 0 Å². The molecule has 2 heterocycles. The van der Waals surface area contributed by atoms with Crippen LogP contribution in [-0.4, -0.2) is 15.9 Å². The molecule has 2 aromatic heterocycles. The van der Waals surface area contributed by atoms with E-state index in [2.05, 4.69) is 15.3 Å². The fraction of sp³-hybridized carbons (Fsp3) is 0.158. The van der Waals surface area contributed by atoms with Crippen LogP contribution in [0.3, 0.4) is 0 Å². The molecule has 0 saturated heterocycles. The van der Waals surface area contributed by atoms with Crippen molar-refractivity contribution in [2.75, 3.05) is 0 Å². The van der Waals surface area contributed by atoms with Crippen LogP contribution < -0.4 is 5.32 Å². The van der Waals surface area contributed by atoms with E-state index >= 15 is 0 Å². The predicted octanol–water partition coefficient (Wildman–Crippen LogP) is 4.59. The number of carbonyl (C=O) groups is 1. The van der Waals surface area contributed by atoms with E-state index in [1.807, 2.05) is 6.07 Å². The maximum atomic E-state index is 12.8. The molecule has 0 aliphatic carbocycles. The Kier molecular flexibility index (Phi) is 5.42. The highest BCUT2D eigenvalue weighted by Crippen LogP contribution is 2.33. The number of pyridine rings is 1. The van der Waals surface area contributed by atoms with Gasteiger partial charge in [0, 0.05) is 28.4 Å². The Bertz CT molecular complexity index is 1060. The Hall–Kier alpha value is -3.25. The summed E-state index contributed by atoms with van der Waals surface area (Å²) in [6.45, 7) is 1.75. The standard InChI is InChI=1S/C19H13F3N4OS/c1-11(26-17(27)13-4-2-3-12(7-13)9-23)15-10-25-18(28-15)14-5-6-24-16(8-14)19(20,21)22/h2-8,10-11H,1H3,(H,26,27)/t11-/m1/s1. The van der Waals surface area contributed by atoms with Crippen LogP contribution in [0, 0.1) is 11.3 Å². The van der Waals surface area contributed by atoms with Crippen LogP contribution in [0.4, 0.5) is 13.2 Å². The predicted molar refractivity (Wildman–Crippen MR) is 97.4 cm³/mol. The van der Waals surface area contributed by atoms with Crippen molar-refractivity contribution in [1.82, 2.24) is 15.3 Å². The summed E-state index contributed by atoms with van der Waals surface area (Å²) < 4.78 is 38.5. The smallest absolute Gasteiger partial charge is 0.345 e. The van der Waals surface area contributed by atoms with Crippen LogP contribution in [0.25, 0.3) is 10.6 Å². The molecule has 1 N–H and O–H groups in total. The van der Waals surface area contributed by atoms with Gasteiger partial charge in [-0.3, -0.25) is 9.78 Å². The van der Waals surface area contributed by atoms with Gasteiger partial charge in [-0.1, -0.05) is 6.07 Å². The molecular formula is C19H13F3N4OS. The van der Waals surface area contributed by atoms with E-state index < -0.39 is 17.9 Å². The molecule has 3 rings (SSSR count). The maximum Gasteiger partial charge on any atom is 0.433 e. The Balaban J connectivity index is 1.76. The molecule has 1 aromatic carbocycles. The van der Waals surface area contributed by atoms with Gasteiger partial charge in [-0.05, 0) is 37.3 Å². The Labute approximate surface area is 162 Å². The number of alkyl halides is 3. The normalized spacial score (nSPS) is 12.2. The number of nitriles is 1. The molecule has 0 aliphatic rings. The Morgan fingerprint density at radius 2 is 2.04 bits per heavy atom. The molecule has 3 aromatic rings. The number of amides is 1. The molecule has 1 amide bonds. The minimum atomic E-state index is -4.53. The lowest BCUT2D eigenvalue weighted by Crippen LogP contribution is -2.26. The third-order valence-electron chi connectivity index (χ3n) is 3.85. The monoisotopic (exact) mass is 402 g/mol. The van der Waals surface area contributed by atoms with Crippen molar-refractivity contribution in [3.63, 3.8) is 0 Å². The lowest BCUT2D eigenvalue weighted by Gasteiger charge is -2.12. The maximum absolute atomic E-state index is 12.8. The number of halogens is 3. The van der Waals surface area contributed by atoms with E-state index in [1.54, 1.807) is 25.1 Å². The summed E-state index contributed by atoms with van der Waals surface area (Å²) in [7, 11) is 0. The highest BCUT2D eigenvalue weighted by atomic mass is 32.1.